The molecule has 2 aromatic rings. The summed E-state index contributed by atoms with van der Waals surface area (Å²) < 4.78 is 11.1. The van der Waals surface area contributed by atoms with Gasteiger partial charge in [-0.3, -0.25) is 4.79 Å². The lowest BCUT2D eigenvalue weighted by Gasteiger charge is -2.19. The quantitative estimate of drug-likeness (QED) is 0.870. The second-order valence-electron chi connectivity index (χ2n) is 6.36. The van der Waals surface area contributed by atoms with Gasteiger partial charge in [-0.2, -0.15) is 0 Å². The van der Waals surface area contributed by atoms with Gasteiger partial charge in [0.1, 0.15) is 13.2 Å². The third kappa shape index (κ3) is 4.53. The number of carbonyl (C=O) groups is 1. The van der Waals surface area contributed by atoms with Crippen molar-refractivity contribution in [1.82, 2.24) is 5.32 Å². The van der Waals surface area contributed by atoms with E-state index < -0.39 is 0 Å². The fourth-order valence-electron chi connectivity index (χ4n) is 2.94. The second kappa shape index (κ2) is 8.06. The summed E-state index contributed by atoms with van der Waals surface area (Å²) in [5.41, 5.74) is 3.52. The van der Waals surface area contributed by atoms with Gasteiger partial charge in [0.05, 0.1) is 6.04 Å². The highest BCUT2D eigenvalue weighted by Crippen LogP contribution is 2.31. The van der Waals surface area contributed by atoms with Crippen molar-refractivity contribution >= 4 is 5.91 Å². The fourth-order valence-corrected chi connectivity index (χ4v) is 2.94. The van der Waals surface area contributed by atoms with E-state index in [0.29, 0.717) is 26.1 Å². The van der Waals surface area contributed by atoms with Crippen LogP contribution in [0.25, 0.3) is 0 Å². The van der Waals surface area contributed by atoms with Crippen molar-refractivity contribution in [1.29, 1.82) is 0 Å². The van der Waals surface area contributed by atoms with Gasteiger partial charge in [-0.05, 0) is 48.6 Å². The minimum absolute atomic E-state index is 0.0127. The van der Waals surface area contributed by atoms with E-state index in [9.17, 15) is 4.79 Å². The van der Waals surface area contributed by atoms with Gasteiger partial charge >= 0.3 is 0 Å². The zero-order valence-electron chi connectivity index (χ0n) is 14.9. The number of fused-ring (bicyclic) bond motifs is 1. The van der Waals surface area contributed by atoms with Crippen molar-refractivity contribution in [2.24, 2.45) is 0 Å². The van der Waals surface area contributed by atoms with Crippen molar-refractivity contribution in [3.63, 3.8) is 0 Å². The minimum Gasteiger partial charge on any atom is -0.486 e. The van der Waals surface area contributed by atoms with Crippen LogP contribution < -0.4 is 14.8 Å². The van der Waals surface area contributed by atoms with E-state index in [4.69, 9.17) is 9.47 Å². The van der Waals surface area contributed by atoms with E-state index in [0.717, 1.165) is 29.0 Å². The molecule has 3 rings (SSSR count). The highest BCUT2D eigenvalue weighted by Gasteiger charge is 2.13. The Kier molecular flexibility index (Phi) is 5.59. The number of benzene rings is 2. The van der Waals surface area contributed by atoms with Gasteiger partial charge in [-0.15, -0.1) is 0 Å². The van der Waals surface area contributed by atoms with Crippen molar-refractivity contribution in [3.8, 4) is 11.5 Å². The lowest BCUT2D eigenvalue weighted by atomic mass is 10.0. The average Bonchev–Trinajstić information content (AvgIpc) is 2.66. The summed E-state index contributed by atoms with van der Waals surface area (Å²) in [7, 11) is 0. The van der Waals surface area contributed by atoms with Crippen molar-refractivity contribution in [2.75, 3.05) is 13.2 Å². The summed E-state index contributed by atoms with van der Waals surface area (Å²) in [6.07, 6.45) is 2.16. The van der Waals surface area contributed by atoms with E-state index in [1.54, 1.807) is 0 Å². The summed E-state index contributed by atoms with van der Waals surface area (Å²) in [5.74, 6) is 1.61. The van der Waals surface area contributed by atoms with Gasteiger partial charge < -0.3 is 14.8 Å². The third-order valence-corrected chi connectivity index (χ3v) is 4.51. The van der Waals surface area contributed by atoms with Gasteiger partial charge in [-0.1, -0.05) is 37.3 Å². The first kappa shape index (κ1) is 17.3. The van der Waals surface area contributed by atoms with Gasteiger partial charge in [-0.25, -0.2) is 0 Å². The maximum absolute atomic E-state index is 12.2. The van der Waals surface area contributed by atoms with E-state index >= 15 is 0 Å². The predicted octanol–water partition coefficient (Wildman–Crippen LogP) is 3.83. The van der Waals surface area contributed by atoms with E-state index in [1.165, 1.54) is 5.56 Å². The number of hydrogen-bond acceptors (Lipinski definition) is 3. The normalized spacial score (nSPS) is 14.0. The fraction of sp³-hybridized carbons (Fsp3) is 0.381. The molecule has 0 spiro atoms. The molecule has 4 nitrogen and oxygen atoms in total. The second-order valence-corrected chi connectivity index (χ2v) is 6.36. The Morgan fingerprint density at radius 1 is 1.04 bits per heavy atom. The molecule has 1 atom stereocenters. The number of rotatable bonds is 6. The standard InChI is InChI=1S/C21H25NO3/c1-3-16-4-8-18(9-5-16)15(2)22-21(23)11-7-17-6-10-19-20(14-17)25-13-12-24-19/h4-6,8-10,14-15H,3,7,11-13H2,1-2H3,(H,22,23)/t15-/m0/s1. The third-order valence-electron chi connectivity index (χ3n) is 4.51. The van der Waals surface area contributed by atoms with Gasteiger partial charge in [0.2, 0.25) is 5.91 Å². The van der Waals surface area contributed by atoms with Crippen molar-refractivity contribution in [2.45, 2.75) is 39.2 Å². The first-order valence-corrected chi connectivity index (χ1v) is 8.92. The molecule has 2 aromatic carbocycles. The highest BCUT2D eigenvalue weighted by molar-refractivity contribution is 5.76. The van der Waals surface area contributed by atoms with Crippen LogP contribution >= 0.6 is 0 Å². The molecule has 0 radical (unpaired) electrons. The molecule has 0 aliphatic carbocycles. The Labute approximate surface area is 149 Å². The molecule has 1 amide bonds. The van der Waals surface area contributed by atoms with Crippen molar-refractivity contribution < 1.29 is 14.3 Å². The summed E-state index contributed by atoms with van der Waals surface area (Å²) in [6, 6.07) is 14.3. The lowest BCUT2D eigenvalue weighted by molar-refractivity contribution is -0.121. The van der Waals surface area contributed by atoms with Crippen LogP contribution in [-0.4, -0.2) is 19.1 Å². The number of amides is 1. The van der Waals surface area contributed by atoms with Crippen molar-refractivity contribution in [3.05, 3.63) is 59.2 Å². The van der Waals surface area contributed by atoms with Crippen LogP contribution in [0.5, 0.6) is 11.5 Å². The highest BCUT2D eigenvalue weighted by atomic mass is 16.6. The molecule has 0 fully saturated rings. The smallest absolute Gasteiger partial charge is 0.220 e. The molecular formula is C21H25NO3. The average molecular weight is 339 g/mol. The maximum atomic E-state index is 12.2. The largest absolute Gasteiger partial charge is 0.486 e. The molecule has 25 heavy (non-hydrogen) atoms. The molecular weight excluding hydrogens is 314 g/mol. The van der Waals surface area contributed by atoms with Gasteiger partial charge in [0, 0.05) is 6.42 Å². The molecule has 1 aliphatic heterocycles. The molecule has 0 saturated heterocycles. The van der Waals surface area contributed by atoms with Crippen LogP contribution in [0.15, 0.2) is 42.5 Å². The summed E-state index contributed by atoms with van der Waals surface area (Å²) in [4.78, 5) is 12.2. The molecule has 132 valence electrons. The SMILES string of the molecule is CCc1ccc([C@H](C)NC(=O)CCc2ccc3c(c2)OCCO3)cc1. The Morgan fingerprint density at radius 2 is 1.72 bits per heavy atom. The molecule has 1 heterocycles. The molecule has 1 aliphatic rings. The maximum Gasteiger partial charge on any atom is 0.220 e. The number of aryl methyl sites for hydroxylation is 2. The van der Waals surface area contributed by atoms with E-state index in [-0.39, 0.29) is 11.9 Å². The van der Waals surface area contributed by atoms with E-state index in [2.05, 4.69) is 36.5 Å². The summed E-state index contributed by atoms with van der Waals surface area (Å²) in [5, 5.41) is 3.07. The number of hydrogen-bond donors (Lipinski definition) is 1. The Balaban J connectivity index is 1.52. The van der Waals surface area contributed by atoms with E-state index in [1.807, 2.05) is 25.1 Å². The number of ether oxygens (including phenoxy) is 2. The Morgan fingerprint density at radius 3 is 2.44 bits per heavy atom. The Bertz CT molecular complexity index is 724. The van der Waals surface area contributed by atoms with Crippen LogP contribution in [-0.2, 0) is 17.6 Å². The van der Waals surface area contributed by atoms with Gasteiger partial charge in [0.15, 0.2) is 11.5 Å². The molecule has 0 unspecified atom stereocenters. The molecule has 1 N–H and O–H groups in total. The first-order chi connectivity index (χ1) is 12.2. The van der Waals surface area contributed by atoms with Crippen LogP contribution in [0, 0.1) is 0 Å². The zero-order chi connectivity index (χ0) is 17.6. The topological polar surface area (TPSA) is 47.6 Å². The monoisotopic (exact) mass is 339 g/mol. The van der Waals surface area contributed by atoms with Crippen LogP contribution in [0.1, 0.15) is 43.0 Å². The van der Waals surface area contributed by atoms with Gasteiger partial charge in [0.25, 0.3) is 0 Å². The molecule has 4 heteroatoms. The van der Waals surface area contributed by atoms with Crippen LogP contribution in [0.2, 0.25) is 0 Å². The van der Waals surface area contributed by atoms with Crippen LogP contribution in [0.3, 0.4) is 0 Å². The molecule has 0 aromatic heterocycles. The predicted molar refractivity (Wildman–Crippen MR) is 98.1 cm³/mol. The number of carbonyl (C=O) groups excluding carboxylic acids is 1. The zero-order valence-corrected chi connectivity index (χ0v) is 14.9. The van der Waals surface area contributed by atoms with Crippen LogP contribution in [0.4, 0.5) is 0 Å². The molecule has 0 saturated carbocycles. The summed E-state index contributed by atoms with van der Waals surface area (Å²) >= 11 is 0. The number of nitrogens with one attached hydrogen (secondary N) is 1. The summed E-state index contributed by atoms with van der Waals surface area (Å²) in [6.45, 7) is 5.32. The molecule has 0 bridgehead atoms. The minimum atomic E-state index is 0.0127. The Hall–Kier alpha value is -2.49. The first-order valence-electron chi connectivity index (χ1n) is 8.92. The lowest BCUT2D eigenvalue weighted by Crippen LogP contribution is -2.26.